The van der Waals surface area contributed by atoms with Crippen LogP contribution in [0.15, 0.2) is 40.6 Å². The summed E-state index contributed by atoms with van der Waals surface area (Å²) in [5, 5.41) is 1.05. The van der Waals surface area contributed by atoms with Crippen LogP contribution in [0.4, 0.5) is 5.82 Å². The largest absolute Gasteiger partial charge is 0.611 e. The van der Waals surface area contributed by atoms with E-state index in [2.05, 4.69) is 17.9 Å². The van der Waals surface area contributed by atoms with Crippen LogP contribution in [0.5, 0.6) is 0 Å². The highest BCUT2D eigenvalue weighted by molar-refractivity contribution is 7.93. The molecular formula is C20H23N3OS2. The first kappa shape index (κ1) is 17.8. The molecule has 136 valence electrons. The van der Waals surface area contributed by atoms with Crippen molar-refractivity contribution in [3.8, 4) is 11.4 Å². The minimum Gasteiger partial charge on any atom is -0.611 e. The fraction of sp³-hybridized carbons (Fsp3) is 0.400. The maximum atomic E-state index is 12.5. The zero-order valence-electron chi connectivity index (χ0n) is 15.0. The number of hydrogen-bond donors (Lipinski definition) is 0. The predicted molar refractivity (Wildman–Crippen MR) is 110 cm³/mol. The molecule has 1 aliphatic heterocycles. The van der Waals surface area contributed by atoms with Crippen molar-refractivity contribution in [2.24, 2.45) is 0 Å². The van der Waals surface area contributed by atoms with Crippen LogP contribution in [-0.2, 0) is 11.2 Å². The second-order valence-corrected chi connectivity index (χ2v) is 9.45. The van der Waals surface area contributed by atoms with Crippen molar-refractivity contribution in [3.05, 3.63) is 36.4 Å². The summed E-state index contributed by atoms with van der Waals surface area (Å²) in [5.74, 6) is 2.46. The van der Waals surface area contributed by atoms with Crippen LogP contribution < -0.4 is 4.90 Å². The lowest BCUT2D eigenvalue weighted by Crippen LogP contribution is -2.30. The normalized spacial score (nSPS) is 16.2. The van der Waals surface area contributed by atoms with Crippen molar-refractivity contribution < 1.29 is 4.55 Å². The lowest BCUT2D eigenvalue weighted by Gasteiger charge is -2.28. The molecule has 1 fully saturated rings. The predicted octanol–water partition coefficient (Wildman–Crippen LogP) is 4.87. The molecule has 0 amide bonds. The molecule has 1 saturated heterocycles. The van der Waals surface area contributed by atoms with Gasteiger partial charge in [-0.1, -0.05) is 48.6 Å². The first-order valence-corrected chi connectivity index (χ1v) is 11.4. The third-order valence-electron chi connectivity index (χ3n) is 4.65. The molecule has 4 rings (SSSR count). The quantitative estimate of drug-likeness (QED) is 0.588. The Morgan fingerprint density at radius 2 is 1.88 bits per heavy atom. The van der Waals surface area contributed by atoms with Crippen LogP contribution in [0.1, 0.15) is 32.6 Å². The summed E-state index contributed by atoms with van der Waals surface area (Å²) in [4.78, 5) is 13.1. The summed E-state index contributed by atoms with van der Waals surface area (Å²) in [6.07, 6.45) is 4.60. The van der Waals surface area contributed by atoms with E-state index in [1.807, 2.05) is 30.3 Å². The number of rotatable bonds is 5. The monoisotopic (exact) mass is 385 g/mol. The van der Waals surface area contributed by atoms with E-state index in [0.717, 1.165) is 51.1 Å². The van der Waals surface area contributed by atoms with E-state index in [1.165, 1.54) is 19.3 Å². The molecule has 3 heterocycles. The molecule has 0 N–H and O–H groups in total. The van der Waals surface area contributed by atoms with E-state index in [-0.39, 0.29) is 0 Å². The highest BCUT2D eigenvalue weighted by Crippen LogP contribution is 2.36. The summed E-state index contributed by atoms with van der Waals surface area (Å²) < 4.78 is 13.4. The summed E-state index contributed by atoms with van der Waals surface area (Å²) in [6.45, 7) is 4.13. The van der Waals surface area contributed by atoms with Crippen LogP contribution in [-0.4, -0.2) is 33.4 Å². The minimum atomic E-state index is -0.948. The van der Waals surface area contributed by atoms with Crippen LogP contribution >= 0.6 is 11.3 Å². The first-order chi connectivity index (χ1) is 12.8. The number of fused-ring (bicyclic) bond motifs is 1. The number of anilines is 1. The van der Waals surface area contributed by atoms with Gasteiger partial charge in [0.15, 0.2) is 5.82 Å². The van der Waals surface area contributed by atoms with Gasteiger partial charge in [0.25, 0.3) is 0 Å². The van der Waals surface area contributed by atoms with Gasteiger partial charge < -0.3 is 9.45 Å². The number of benzene rings is 1. The van der Waals surface area contributed by atoms with Gasteiger partial charge in [0.1, 0.15) is 16.4 Å². The van der Waals surface area contributed by atoms with E-state index >= 15 is 0 Å². The number of aromatic nitrogens is 2. The van der Waals surface area contributed by atoms with Gasteiger partial charge in [0.05, 0.1) is 5.39 Å². The van der Waals surface area contributed by atoms with Crippen LogP contribution in [0.2, 0.25) is 0 Å². The number of thiophene rings is 1. The Balaban J connectivity index is 1.84. The van der Waals surface area contributed by atoms with Crippen molar-refractivity contribution in [1.82, 2.24) is 9.97 Å². The lowest BCUT2D eigenvalue weighted by molar-refractivity contribution is 0.575. The van der Waals surface area contributed by atoms with Crippen molar-refractivity contribution in [2.75, 3.05) is 23.7 Å². The first-order valence-electron chi connectivity index (χ1n) is 9.26. The maximum absolute atomic E-state index is 12.5. The number of hydrogen-bond acceptors (Lipinski definition) is 5. The second-order valence-electron chi connectivity index (χ2n) is 6.62. The third kappa shape index (κ3) is 3.59. The second kappa shape index (κ2) is 7.94. The fourth-order valence-electron chi connectivity index (χ4n) is 3.35. The van der Waals surface area contributed by atoms with Crippen molar-refractivity contribution in [2.45, 2.75) is 36.8 Å². The zero-order valence-corrected chi connectivity index (χ0v) is 16.6. The lowest BCUT2D eigenvalue weighted by atomic mass is 10.1. The summed E-state index contributed by atoms with van der Waals surface area (Å²) in [5.41, 5.74) is 1.03. The highest BCUT2D eigenvalue weighted by Gasteiger charge is 2.22. The van der Waals surface area contributed by atoms with Gasteiger partial charge in [-0.05, 0) is 36.9 Å². The molecular weight excluding hydrogens is 362 g/mol. The topological polar surface area (TPSA) is 52.1 Å². The molecule has 1 aromatic carbocycles. The number of piperidine rings is 1. The van der Waals surface area contributed by atoms with Gasteiger partial charge in [0, 0.05) is 24.7 Å². The van der Waals surface area contributed by atoms with Crippen LogP contribution in [0.25, 0.3) is 21.6 Å². The fourth-order valence-corrected chi connectivity index (χ4v) is 5.79. The van der Waals surface area contributed by atoms with E-state index in [0.29, 0.717) is 5.75 Å². The smallest absolute Gasteiger partial charge is 0.209 e. The Hall–Kier alpha value is -1.63. The summed E-state index contributed by atoms with van der Waals surface area (Å²) >= 11 is 0.606. The molecule has 0 bridgehead atoms. The molecule has 1 unspecified atom stereocenters. The molecule has 1 atom stereocenters. The molecule has 0 aliphatic carbocycles. The Morgan fingerprint density at radius 1 is 1.12 bits per heavy atom. The molecule has 0 saturated carbocycles. The Kier molecular flexibility index (Phi) is 5.43. The van der Waals surface area contributed by atoms with Gasteiger partial charge >= 0.3 is 0 Å². The standard InChI is InChI=1S/C20H23N3OS2/c1-2-13-26(24)17-14-16-19(23-11-7-4-8-12-23)21-18(22-20(16)25-17)15-9-5-3-6-10-15/h3,5-6,9-10,14H,2,4,7-8,11-13H2,1H3. The van der Waals surface area contributed by atoms with Gasteiger partial charge in [-0.15, -0.1) is 0 Å². The van der Waals surface area contributed by atoms with Gasteiger partial charge in [-0.2, -0.15) is 0 Å². The van der Waals surface area contributed by atoms with E-state index in [1.54, 1.807) is 11.3 Å². The van der Waals surface area contributed by atoms with E-state index in [4.69, 9.17) is 9.97 Å². The Bertz CT molecular complexity index is 875. The molecule has 3 aromatic rings. The third-order valence-corrected chi connectivity index (χ3v) is 7.63. The zero-order chi connectivity index (χ0) is 17.9. The highest BCUT2D eigenvalue weighted by atomic mass is 32.2. The molecule has 1 aliphatic rings. The van der Waals surface area contributed by atoms with Crippen molar-refractivity contribution in [1.29, 1.82) is 0 Å². The Morgan fingerprint density at radius 3 is 2.62 bits per heavy atom. The van der Waals surface area contributed by atoms with Gasteiger partial charge in [0.2, 0.25) is 4.21 Å². The number of nitrogens with zero attached hydrogens (tertiary/aromatic N) is 3. The minimum absolute atomic E-state index is 0.699. The molecule has 2 aromatic heterocycles. The molecule has 0 radical (unpaired) electrons. The molecule has 0 spiro atoms. The van der Waals surface area contributed by atoms with Crippen LogP contribution in [0.3, 0.4) is 0 Å². The van der Waals surface area contributed by atoms with Crippen molar-refractivity contribution >= 4 is 38.5 Å². The molecule has 4 nitrogen and oxygen atoms in total. The average Bonchev–Trinajstić information content (AvgIpc) is 3.13. The average molecular weight is 386 g/mol. The van der Waals surface area contributed by atoms with Gasteiger partial charge in [-0.25, -0.2) is 9.97 Å². The van der Waals surface area contributed by atoms with Crippen LogP contribution in [0, 0.1) is 0 Å². The van der Waals surface area contributed by atoms with E-state index in [9.17, 15) is 4.55 Å². The SMILES string of the molecule is CCC[S+]([O-])c1cc2c(N3CCCCC3)nc(-c3ccccc3)nc2s1. The molecule has 6 heteroatoms. The molecule has 26 heavy (non-hydrogen) atoms. The summed E-state index contributed by atoms with van der Waals surface area (Å²) in [6, 6.07) is 12.2. The van der Waals surface area contributed by atoms with Crippen molar-refractivity contribution in [3.63, 3.8) is 0 Å². The maximum Gasteiger partial charge on any atom is 0.209 e. The summed E-state index contributed by atoms with van der Waals surface area (Å²) in [7, 11) is 0. The van der Waals surface area contributed by atoms with E-state index < -0.39 is 11.2 Å². The van der Waals surface area contributed by atoms with Gasteiger partial charge in [-0.3, -0.25) is 0 Å². The Labute approximate surface area is 161 Å².